The largest absolute Gasteiger partial charge is 0.394 e. The van der Waals surface area contributed by atoms with Crippen molar-refractivity contribution in [3.63, 3.8) is 0 Å². The summed E-state index contributed by atoms with van der Waals surface area (Å²) >= 11 is 0. The van der Waals surface area contributed by atoms with Gasteiger partial charge in [-0.05, 0) is 0 Å². The van der Waals surface area contributed by atoms with Gasteiger partial charge in [-0.15, -0.1) is 0 Å². The minimum Gasteiger partial charge on any atom is -0.394 e. The lowest BCUT2D eigenvalue weighted by Crippen LogP contribution is -2.44. The summed E-state index contributed by atoms with van der Waals surface area (Å²) in [6.07, 6.45) is -9.63. The molecule has 0 aromatic rings. The maximum atomic E-state index is 9.75. The highest BCUT2D eigenvalue weighted by Crippen LogP contribution is 2.27. The Morgan fingerprint density at radius 3 is 2.27 bits per heavy atom. The van der Waals surface area contributed by atoms with Gasteiger partial charge < -0.3 is 49.5 Å². The van der Waals surface area contributed by atoms with Crippen LogP contribution in [0, 0.1) is 0 Å². The average Bonchev–Trinajstić information content (AvgIpc) is 2.77. The first-order valence-electron chi connectivity index (χ1n) is 6.43. The van der Waals surface area contributed by atoms with E-state index in [0.717, 1.165) is 0 Å². The van der Waals surface area contributed by atoms with E-state index in [1.54, 1.807) is 0 Å². The first kappa shape index (κ1) is 20.0. The molecule has 132 valence electrons. The van der Waals surface area contributed by atoms with E-state index in [-0.39, 0.29) is 0 Å². The Morgan fingerprint density at radius 2 is 1.82 bits per heavy atom. The van der Waals surface area contributed by atoms with E-state index >= 15 is 0 Å². The van der Waals surface area contributed by atoms with E-state index < -0.39 is 71.3 Å². The highest BCUT2D eigenvalue weighted by atomic mass is 31.2. The monoisotopic (exact) mass is 347 g/mol. The summed E-state index contributed by atoms with van der Waals surface area (Å²) < 4.78 is 15.0. The third-order valence-corrected chi connectivity index (χ3v) is 3.62. The molecule has 1 aliphatic rings. The lowest BCUT2D eigenvalue weighted by Gasteiger charge is -2.27. The molecular formula is C10H22NO10P. The van der Waals surface area contributed by atoms with Crippen LogP contribution in [0.5, 0.6) is 0 Å². The van der Waals surface area contributed by atoms with Gasteiger partial charge in [0.2, 0.25) is 0 Å². The molecule has 22 heavy (non-hydrogen) atoms. The molecule has 1 saturated heterocycles. The molecule has 8 atom stereocenters. The second-order valence-electron chi connectivity index (χ2n) is 4.73. The molecule has 0 amide bonds. The van der Waals surface area contributed by atoms with Gasteiger partial charge in [-0.2, -0.15) is 0 Å². The minimum atomic E-state index is -2.38. The SMILES string of the molecule is NP(O)O[C@@H](COC1O[C@H](CO)[C@@H](O)[C@H]1O)[C@H](O)[C@H](O)CO. The molecule has 0 spiro atoms. The Labute approximate surface area is 127 Å². The summed E-state index contributed by atoms with van der Waals surface area (Å²) in [6, 6.07) is 0. The van der Waals surface area contributed by atoms with Crippen LogP contribution in [0.3, 0.4) is 0 Å². The van der Waals surface area contributed by atoms with Crippen molar-refractivity contribution in [3.05, 3.63) is 0 Å². The van der Waals surface area contributed by atoms with Crippen LogP contribution in [0.15, 0.2) is 0 Å². The number of hydrogen-bond donors (Lipinski definition) is 8. The van der Waals surface area contributed by atoms with Crippen LogP contribution in [-0.4, -0.2) is 98.3 Å². The molecule has 1 heterocycles. The van der Waals surface area contributed by atoms with Gasteiger partial charge in [0.1, 0.15) is 36.6 Å². The summed E-state index contributed by atoms with van der Waals surface area (Å²) in [5, 5.41) is 56.1. The van der Waals surface area contributed by atoms with E-state index in [2.05, 4.69) is 0 Å². The van der Waals surface area contributed by atoms with Gasteiger partial charge in [0.05, 0.1) is 19.8 Å². The van der Waals surface area contributed by atoms with Gasteiger partial charge in [-0.25, -0.2) is 0 Å². The smallest absolute Gasteiger partial charge is 0.250 e. The fourth-order valence-electron chi connectivity index (χ4n) is 1.88. The second-order valence-corrected chi connectivity index (χ2v) is 5.54. The fourth-order valence-corrected chi connectivity index (χ4v) is 2.34. The van der Waals surface area contributed by atoms with E-state index in [9.17, 15) is 20.4 Å². The predicted octanol–water partition coefficient (Wildman–Crippen LogP) is -4.28. The van der Waals surface area contributed by atoms with Crippen LogP contribution in [0.2, 0.25) is 0 Å². The van der Waals surface area contributed by atoms with Gasteiger partial charge in [-0.3, -0.25) is 5.50 Å². The third-order valence-electron chi connectivity index (χ3n) is 3.13. The second kappa shape index (κ2) is 9.33. The van der Waals surface area contributed by atoms with Crippen molar-refractivity contribution < 1.29 is 49.5 Å². The molecule has 12 heteroatoms. The van der Waals surface area contributed by atoms with Crippen molar-refractivity contribution in [2.24, 2.45) is 5.50 Å². The van der Waals surface area contributed by atoms with Gasteiger partial charge >= 0.3 is 0 Å². The van der Waals surface area contributed by atoms with Crippen LogP contribution in [-0.2, 0) is 14.0 Å². The van der Waals surface area contributed by atoms with Crippen LogP contribution in [0.4, 0.5) is 0 Å². The van der Waals surface area contributed by atoms with Crippen molar-refractivity contribution in [3.8, 4) is 0 Å². The molecule has 1 rings (SSSR count). The molecule has 0 aromatic heterocycles. The van der Waals surface area contributed by atoms with Crippen molar-refractivity contribution in [2.45, 2.75) is 42.9 Å². The molecule has 0 aliphatic carbocycles. The lowest BCUT2D eigenvalue weighted by atomic mass is 10.1. The molecule has 2 unspecified atom stereocenters. The summed E-state index contributed by atoms with van der Waals surface area (Å²) in [6.45, 7) is -1.77. The summed E-state index contributed by atoms with van der Waals surface area (Å²) in [5.74, 6) is 0. The molecule has 0 radical (unpaired) electrons. The molecular weight excluding hydrogens is 325 g/mol. The number of aliphatic hydroxyl groups is 6. The van der Waals surface area contributed by atoms with E-state index in [1.807, 2.05) is 0 Å². The summed E-state index contributed by atoms with van der Waals surface area (Å²) in [4.78, 5) is 9.05. The predicted molar refractivity (Wildman–Crippen MR) is 71.0 cm³/mol. The lowest BCUT2D eigenvalue weighted by molar-refractivity contribution is -0.190. The quantitative estimate of drug-likeness (QED) is 0.188. The Kier molecular flexibility index (Phi) is 8.49. The van der Waals surface area contributed by atoms with E-state index in [0.29, 0.717) is 0 Å². The van der Waals surface area contributed by atoms with Gasteiger partial charge in [0.25, 0.3) is 8.53 Å². The standard InChI is InChI=1S/C10H22NO10P/c11-22(18)21-6(7(15)4(14)1-12)3-19-10-9(17)8(16)5(2-13)20-10/h4-10,12-18H,1-3,11H2/t4-,5-,6+,7-,8-,9-,10?,22?/m1/s1. The van der Waals surface area contributed by atoms with Crippen LogP contribution in [0.25, 0.3) is 0 Å². The van der Waals surface area contributed by atoms with Crippen LogP contribution >= 0.6 is 8.53 Å². The maximum Gasteiger partial charge on any atom is 0.250 e. The zero-order valence-corrected chi connectivity index (χ0v) is 12.4. The Balaban J connectivity index is 2.59. The number of hydrogen-bond acceptors (Lipinski definition) is 11. The van der Waals surface area contributed by atoms with E-state index in [1.165, 1.54) is 0 Å². The summed E-state index contributed by atoms with van der Waals surface area (Å²) in [7, 11) is -2.38. The molecule has 0 saturated carbocycles. The maximum absolute atomic E-state index is 9.75. The number of ether oxygens (including phenoxy) is 2. The van der Waals surface area contributed by atoms with E-state index in [4.69, 9.17) is 34.6 Å². The molecule has 0 bridgehead atoms. The fraction of sp³-hybridized carbons (Fsp3) is 1.00. The first-order chi connectivity index (χ1) is 10.3. The molecule has 0 aromatic carbocycles. The Bertz CT molecular complexity index is 324. The highest BCUT2D eigenvalue weighted by molar-refractivity contribution is 7.43. The van der Waals surface area contributed by atoms with Gasteiger partial charge in [0, 0.05) is 0 Å². The number of aliphatic hydroxyl groups excluding tert-OH is 6. The number of rotatable bonds is 9. The van der Waals surface area contributed by atoms with Crippen molar-refractivity contribution >= 4 is 8.53 Å². The van der Waals surface area contributed by atoms with Gasteiger partial charge in [0.15, 0.2) is 6.29 Å². The molecule has 9 N–H and O–H groups in total. The Hall–Kier alpha value is -0.01000. The third kappa shape index (κ3) is 5.27. The molecule has 1 aliphatic heterocycles. The van der Waals surface area contributed by atoms with Crippen molar-refractivity contribution in [1.29, 1.82) is 0 Å². The Morgan fingerprint density at radius 1 is 1.18 bits per heavy atom. The minimum absolute atomic E-state index is 0.471. The number of nitrogens with two attached hydrogens (primary N) is 1. The van der Waals surface area contributed by atoms with Crippen LogP contribution in [0.1, 0.15) is 0 Å². The highest BCUT2D eigenvalue weighted by Gasteiger charge is 2.43. The summed E-state index contributed by atoms with van der Waals surface area (Å²) in [5.41, 5.74) is 5.08. The molecule has 11 nitrogen and oxygen atoms in total. The first-order valence-corrected chi connectivity index (χ1v) is 7.71. The molecule has 1 fully saturated rings. The van der Waals surface area contributed by atoms with Crippen molar-refractivity contribution in [1.82, 2.24) is 0 Å². The zero-order chi connectivity index (χ0) is 16.9. The topological polar surface area (TPSA) is 195 Å². The normalized spacial score (nSPS) is 34.4. The van der Waals surface area contributed by atoms with Crippen molar-refractivity contribution in [2.75, 3.05) is 19.8 Å². The average molecular weight is 347 g/mol. The zero-order valence-electron chi connectivity index (χ0n) is 11.5. The van der Waals surface area contributed by atoms with Crippen LogP contribution < -0.4 is 5.50 Å². The van der Waals surface area contributed by atoms with Gasteiger partial charge in [-0.1, -0.05) is 0 Å².